The second-order valence-corrected chi connectivity index (χ2v) is 7.15. The number of carbonyl (C=O) groups excluding carboxylic acids is 2. The first-order valence-corrected chi connectivity index (χ1v) is 8.88. The summed E-state index contributed by atoms with van der Waals surface area (Å²) in [6.45, 7) is 8.23. The van der Waals surface area contributed by atoms with Gasteiger partial charge in [0, 0.05) is 17.2 Å². The number of carboxylic acid groups (broad SMARTS) is 1. The van der Waals surface area contributed by atoms with Crippen molar-refractivity contribution in [1.29, 1.82) is 0 Å². The van der Waals surface area contributed by atoms with E-state index in [4.69, 9.17) is 9.47 Å². The zero-order chi connectivity index (χ0) is 19.7. The number of hydrogen-bond donors (Lipinski definition) is 1. The molecule has 1 N–H and O–H groups in total. The van der Waals surface area contributed by atoms with Gasteiger partial charge in [-0.2, -0.15) is 0 Å². The van der Waals surface area contributed by atoms with Crippen molar-refractivity contribution in [2.45, 2.75) is 39.5 Å². The highest BCUT2D eigenvalue weighted by molar-refractivity contribution is 6.08. The fourth-order valence-electron chi connectivity index (χ4n) is 3.03. The number of benzene rings is 2. The summed E-state index contributed by atoms with van der Waals surface area (Å²) in [5.41, 5.74) is 2.53. The topological polar surface area (TPSA) is 87.7 Å². The van der Waals surface area contributed by atoms with E-state index in [1.165, 1.54) is 12.1 Å². The minimum absolute atomic E-state index is 0.00732. The van der Waals surface area contributed by atoms with Crippen LogP contribution in [0, 0.1) is 0 Å². The third-order valence-corrected chi connectivity index (χ3v) is 4.59. The van der Waals surface area contributed by atoms with Crippen molar-refractivity contribution in [1.82, 2.24) is 0 Å². The summed E-state index contributed by atoms with van der Waals surface area (Å²) in [5.74, 6) is -0.593. The zero-order valence-corrected chi connectivity index (χ0v) is 15.8. The van der Waals surface area contributed by atoms with Gasteiger partial charge in [-0.15, -0.1) is 0 Å². The molecule has 0 fully saturated rings. The Morgan fingerprint density at radius 2 is 1.63 bits per heavy atom. The lowest BCUT2D eigenvalue weighted by atomic mass is 9.91. The van der Waals surface area contributed by atoms with Gasteiger partial charge in [0.25, 0.3) is 5.91 Å². The Labute approximate surface area is 158 Å². The maximum atomic E-state index is 12.9. The molecule has 0 radical (unpaired) electrons. The molecule has 1 aliphatic rings. The average molecular weight is 368 g/mol. The van der Waals surface area contributed by atoms with E-state index >= 15 is 0 Å². The number of hydrogen-bond acceptors (Lipinski definition) is 5. The molecule has 0 unspecified atom stereocenters. The number of anilines is 1. The van der Waals surface area contributed by atoms with Gasteiger partial charge in [-0.3, -0.25) is 4.79 Å². The van der Waals surface area contributed by atoms with E-state index in [9.17, 15) is 14.7 Å². The summed E-state index contributed by atoms with van der Waals surface area (Å²) in [4.78, 5) is 24.4. The second kappa shape index (κ2) is 7.31. The molecule has 2 aromatic carbocycles. The Balaban J connectivity index is 1.98. The summed E-state index contributed by atoms with van der Waals surface area (Å²) in [7, 11) is 0. The zero-order valence-electron chi connectivity index (χ0n) is 15.8. The van der Waals surface area contributed by atoms with Gasteiger partial charge < -0.3 is 24.7 Å². The molecule has 0 saturated carbocycles. The summed E-state index contributed by atoms with van der Waals surface area (Å²) in [6, 6.07) is 8.49. The summed E-state index contributed by atoms with van der Waals surface area (Å²) >= 11 is 0. The number of amides is 1. The predicted molar refractivity (Wildman–Crippen MR) is 99.5 cm³/mol. The number of aromatic carboxylic acids is 1. The maximum Gasteiger partial charge on any atom is 0.255 e. The largest absolute Gasteiger partial charge is 0.545 e. The highest BCUT2D eigenvalue weighted by Gasteiger charge is 2.21. The van der Waals surface area contributed by atoms with E-state index in [0.29, 0.717) is 23.0 Å². The molecule has 0 bridgehead atoms. The van der Waals surface area contributed by atoms with Gasteiger partial charge in [0.1, 0.15) is 0 Å². The van der Waals surface area contributed by atoms with Gasteiger partial charge in [0.2, 0.25) is 6.79 Å². The second-order valence-electron chi connectivity index (χ2n) is 7.15. The lowest BCUT2D eigenvalue weighted by Gasteiger charge is -2.18. The van der Waals surface area contributed by atoms with E-state index in [1.807, 2.05) is 26.0 Å². The number of carbonyl (C=O) groups is 2. The van der Waals surface area contributed by atoms with Crippen LogP contribution in [0.15, 0.2) is 30.3 Å². The normalized spacial score (nSPS) is 12.5. The fraction of sp³-hybridized carbons (Fsp3) is 0.333. The first-order valence-electron chi connectivity index (χ1n) is 8.88. The van der Waals surface area contributed by atoms with Crippen molar-refractivity contribution < 1.29 is 24.2 Å². The van der Waals surface area contributed by atoms with Gasteiger partial charge in [-0.25, -0.2) is 0 Å². The molecule has 1 aliphatic heterocycles. The number of fused-ring (bicyclic) bond motifs is 1. The maximum absolute atomic E-state index is 12.9. The molecule has 0 atom stereocenters. The summed E-state index contributed by atoms with van der Waals surface area (Å²) in [5, 5.41) is 14.2. The molecule has 0 spiro atoms. The SMILES string of the molecule is CC(C)c1ccc(C(=O)Nc2cc3c(cc2C(=O)[O-])OCO3)c(C(C)C)c1. The van der Waals surface area contributed by atoms with E-state index in [0.717, 1.165) is 11.1 Å². The summed E-state index contributed by atoms with van der Waals surface area (Å²) in [6.07, 6.45) is 0. The number of rotatable bonds is 5. The Hall–Kier alpha value is -3.02. The first kappa shape index (κ1) is 18.8. The minimum Gasteiger partial charge on any atom is -0.545 e. The quantitative estimate of drug-likeness (QED) is 0.875. The van der Waals surface area contributed by atoms with Crippen LogP contribution in [-0.4, -0.2) is 18.7 Å². The number of carboxylic acids is 1. The van der Waals surface area contributed by atoms with Crippen molar-refractivity contribution in [2.75, 3.05) is 12.1 Å². The first-order chi connectivity index (χ1) is 12.8. The van der Waals surface area contributed by atoms with Crippen LogP contribution in [0.5, 0.6) is 11.5 Å². The predicted octanol–water partition coefficient (Wildman–Crippen LogP) is 3.28. The Morgan fingerprint density at radius 1 is 0.963 bits per heavy atom. The number of ether oxygens (including phenoxy) is 2. The van der Waals surface area contributed by atoms with E-state index in [2.05, 4.69) is 19.2 Å². The third kappa shape index (κ3) is 3.74. The molecule has 142 valence electrons. The molecule has 1 heterocycles. The molecular weight excluding hydrogens is 346 g/mol. The molecule has 2 aromatic rings. The van der Waals surface area contributed by atoms with Gasteiger partial charge in [-0.1, -0.05) is 39.8 Å². The Bertz CT molecular complexity index is 902. The van der Waals surface area contributed by atoms with Crippen LogP contribution < -0.4 is 19.9 Å². The highest BCUT2D eigenvalue weighted by Crippen LogP contribution is 2.37. The van der Waals surface area contributed by atoms with Gasteiger partial charge in [0.15, 0.2) is 11.5 Å². The van der Waals surface area contributed by atoms with Gasteiger partial charge >= 0.3 is 0 Å². The van der Waals surface area contributed by atoms with Crippen LogP contribution in [0.2, 0.25) is 0 Å². The summed E-state index contributed by atoms with van der Waals surface area (Å²) < 4.78 is 10.5. The van der Waals surface area contributed by atoms with E-state index in [-0.39, 0.29) is 29.9 Å². The van der Waals surface area contributed by atoms with Crippen LogP contribution in [0.3, 0.4) is 0 Å². The molecule has 0 aromatic heterocycles. The van der Waals surface area contributed by atoms with Crippen LogP contribution in [0.1, 0.15) is 71.4 Å². The number of nitrogens with one attached hydrogen (secondary N) is 1. The van der Waals surface area contributed by atoms with Gasteiger partial charge in [-0.05, 0) is 35.1 Å². The molecule has 6 nitrogen and oxygen atoms in total. The van der Waals surface area contributed by atoms with Crippen LogP contribution in [0.25, 0.3) is 0 Å². The lowest BCUT2D eigenvalue weighted by Crippen LogP contribution is -2.25. The molecule has 0 saturated heterocycles. The van der Waals surface area contributed by atoms with Crippen molar-refractivity contribution in [3.05, 3.63) is 52.6 Å². The van der Waals surface area contributed by atoms with Crippen molar-refractivity contribution >= 4 is 17.6 Å². The van der Waals surface area contributed by atoms with Crippen LogP contribution >= 0.6 is 0 Å². The Kier molecular flexibility index (Phi) is 5.08. The van der Waals surface area contributed by atoms with E-state index < -0.39 is 5.97 Å². The lowest BCUT2D eigenvalue weighted by molar-refractivity contribution is -0.254. The fourth-order valence-corrected chi connectivity index (χ4v) is 3.03. The van der Waals surface area contributed by atoms with Crippen molar-refractivity contribution in [2.24, 2.45) is 0 Å². The molecule has 1 amide bonds. The molecule has 27 heavy (non-hydrogen) atoms. The molecule has 3 rings (SSSR count). The van der Waals surface area contributed by atoms with E-state index in [1.54, 1.807) is 6.07 Å². The monoisotopic (exact) mass is 368 g/mol. The smallest absolute Gasteiger partial charge is 0.255 e. The molecular formula is C21H22NO5-. The standard InChI is InChI=1S/C21H23NO5/c1-11(2)13-5-6-14(15(7-13)12(3)4)20(23)22-17-9-19-18(26-10-27-19)8-16(17)21(24)25/h5-9,11-12H,10H2,1-4H3,(H,22,23)(H,24,25)/p-1. The third-order valence-electron chi connectivity index (χ3n) is 4.59. The Morgan fingerprint density at radius 3 is 2.22 bits per heavy atom. The van der Waals surface area contributed by atoms with Crippen molar-refractivity contribution in [3.63, 3.8) is 0 Å². The molecule has 0 aliphatic carbocycles. The minimum atomic E-state index is -1.40. The molecule has 6 heteroatoms. The van der Waals surface area contributed by atoms with Crippen molar-refractivity contribution in [3.8, 4) is 11.5 Å². The average Bonchev–Trinajstić information content (AvgIpc) is 3.07. The van der Waals surface area contributed by atoms with Crippen LogP contribution in [-0.2, 0) is 0 Å². The van der Waals surface area contributed by atoms with Crippen LogP contribution in [0.4, 0.5) is 5.69 Å². The van der Waals surface area contributed by atoms with Gasteiger partial charge in [0.05, 0.1) is 11.7 Å². The highest BCUT2D eigenvalue weighted by atomic mass is 16.7.